The van der Waals surface area contributed by atoms with Gasteiger partial charge >= 0.3 is 0 Å². The lowest BCUT2D eigenvalue weighted by Gasteiger charge is -2.39. The molecule has 1 aromatic carbocycles. The van der Waals surface area contributed by atoms with Gasteiger partial charge in [-0.1, -0.05) is 41.9 Å². The van der Waals surface area contributed by atoms with E-state index in [9.17, 15) is 4.79 Å². The number of fused-ring (bicyclic) bond motifs is 1. The molecule has 1 atom stereocenters. The Labute approximate surface area is 161 Å². The molecule has 1 aliphatic rings. The molecule has 7 heteroatoms. The summed E-state index contributed by atoms with van der Waals surface area (Å²) in [5.41, 5.74) is 1.89. The van der Waals surface area contributed by atoms with Crippen LogP contribution in [0.15, 0.2) is 48.0 Å². The van der Waals surface area contributed by atoms with Crippen molar-refractivity contribution in [3.05, 3.63) is 64.4 Å². The number of amides is 1. The largest absolute Gasteiger partial charge is 0.330 e. The maximum Gasteiger partial charge on any atom is 0.247 e. The summed E-state index contributed by atoms with van der Waals surface area (Å²) in [5, 5.41) is 2.36. The first-order valence-electron chi connectivity index (χ1n) is 8.46. The molecule has 2 aromatic heterocycles. The summed E-state index contributed by atoms with van der Waals surface area (Å²) >= 11 is 7.73. The van der Waals surface area contributed by atoms with Crippen molar-refractivity contribution in [2.24, 2.45) is 0 Å². The number of imidazole rings is 1. The fourth-order valence-electron chi connectivity index (χ4n) is 3.32. The lowest BCUT2D eigenvalue weighted by Crippen LogP contribution is -2.48. The number of likely N-dealkylation sites (N-methyl/N-ethyl adjacent to an activating group) is 1. The van der Waals surface area contributed by atoms with Crippen molar-refractivity contribution in [1.82, 2.24) is 19.2 Å². The SMILES string of the molecule is CN1CCN(C(=O)/C=C/c2c(Cl)nc3sccn23)C(c2ccccc2)C1. The van der Waals surface area contributed by atoms with Gasteiger partial charge in [-0.2, -0.15) is 0 Å². The summed E-state index contributed by atoms with van der Waals surface area (Å²) in [4.78, 5) is 22.2. The second-order valence-corrected chi connectivity index (χ2v) is 7.63. The van der Waals surface area contributed by atoms with Gasteiger partial charge in [0, 0.05) is 37.3 Å². The quantitative estimate of drug-likeness (QED) is 0.646. The smallest absolute Gasteiger partial charge is 0.247 e. The zero-order valence-electron chi connectivity index (χ0n) is 14.4. The molecule has 0 spiro atoms. The van der Waals surface area contributed by atoms with Crippen LogP contribution in [0, 0.1) is 0 Å². The van der Waals surface area contributed by atoms with Gasteiger partial charge < -0.3 is 9.80 Å². The first-order chi connectivity index (χ1) is 12.6. The summed E-state index contributed by atoms with van der Waals surface area (Å²) in [6, 6.07) is 10.2. The van der Waals surface area contributed by atoms with E-state index in [0.29, 0.717) is 11.7 Å². The fourth-order valence-corrected chi connectivity index (χ4v) is 4.32. The number of carbonyl (C=O) groups is 1. The average molecular weight is 387 g/mol. The van der Waals surface area contributed by atoms with E-state index in [1.165, 1.54) is 11.3 Å². The molecule has 0 saturated carbocycles. The lowest BCUT2D eigenvalue weighted by molar-refractivity contribution is -0.130. The van der Waals surface area contributed by atoms with Crippen molar-refractivity contribution in [2.45, 2.75) is 6.04 Å². The van der Waals surface area contributed by atoms with E-state index >= 15 is 0 Å². The number of piperazine rings is 1. The highest BCUT2D eigenvalue weighted by Crippen LogP contribution is 2.26. The van der Waals surface area contributed by atoms with Gasteiger partial charge in [0.2, 0.25) is 5.91 Å². The molecular weight excluding hydrogens is 368 g/mol. The number of aromatic nitrogens is 2. The van der Waals surface area contributed by atoms with Crippen molar-refractivity contribution in [2.75, 3.05) is 26.7 Å². The molecule has 4 rings (SSSR count). The van der Waals surface area contributed by atoms with Crippen LogP contribution in [0.3, 0.4) is 0 Å². The first-order valence-corrected chi connectivity index (χ1v) is 9.72. The van der Waals surface area contributed by atoms with Gasteiger partial charge in [-0.05, 0) is 18.7 Å². The number of hydrogen-bond acceptors (Lipinski definition) is 4. The van der Waals surface area contributed by atoms with Crippen LogP contribution in [-0.2, 0) is 4.79 Å². The Balaban J connectivity index is 1.59. The number of thiazole rings is 1. The minimum atomic E-state index is -0.00630. The van der Waals surface area contributed by atoms with E-state index in [1.807, 2.05) is 39.1 Å². The molecule has 1 saturated heterocycles. The topological polar surface area (TPSA) is 40.8 Å². The maximum absolute atomic E-state index is 12.9. The third-order valence-corrected chi connectivity index (χ3v) is 5.72. The normalized spacial score (nSPS) is 18.8. The number of carbonyl (C=O) groups excluding carboxylic acids is 1. The van der Waals surface area contributed by atoms with Crippen LogP contribution in [0.2, 0.25) is 5.15 Å². The summed E-state index contributed by atoms with van der Waals surface area (Å²) < 4.78 is 1.90. The average Bonchev–Trinajstić information content (AvgIpc) is 3.21. The van der Waals surface area contributed by atoms with Gasteiger partial charge in [0.05, 0.1) is 11.7 Å². The van der Waals surface area contributed by atoms with Crippen LogP contribution in [0.1, 0.15) is 17.3 Å². The van der Waals surface area contributed by atoms with Crippen LogP contribution in [0.4, 0.5) is 0 Å². The Morgan fingerprint density at radius 3 is 2.92 bits per heavy atom. The van der Waals surface area contributed by atoms with Crippen LogP contribution in [0.5, 0.6) is 0 Å². The Bertz CT molecular complexity index is 949. The molecule has 0 N–H and O–H groups in total. The number of rotatable bonds is 3. The maximum atomic E-state index is 12.9. The molecule has 0 radical (unpaired) electrons. The van der Waals surface area contributed by atoms with Crippen molar-refractivity contribution in [1.29, 1.82) is 0 Å². The van der Waals surface area contributed by atoms with Gasteiger partial charge in [-0.15, -0.1) is 11.3 Å². The van der Waals surface area contributed by atoms with Crippen molar-refractivity contribution >= 4 is 39.9 Å². The molecule has 3 heterocycles. The fraction of sp³-hybridized carbons (Fsp3) is 0.263. The van der Waals surface area contributed by atoms with E-state index < -0.39 is 0 Å². The molecule has 1 fully saturated rings. The molecule has 3 aromatic rings. The van der Waals surface area contributed by atoms with Crippen molar-refractivity contribution < 1.29 is 4.79 Å². The van der Waals surface area contributed by atoms with E-state index in [0.717, 1.165) is 29.3 Å². The summed E-state index contributed by atoms with van der Waals surface area (Å²) in [6.07, 6.45) is 5.28. The molecule has 134 valence electrons. The highest BCUT2D eigenvalue weighted by atomic mass is 35.5. The van der Waals surface area contributed by atoms with Crippen LogP contribution in [-0.4, -0.2) is 51.8 Å². The predicted molar refractivity (Wildman–Crippen MR) is 106 cm³/mol. The van der Waals surface area contributed by atoms with Gasteiger partial charge in [0.25, 0.3) is 0 Å². The molecular formula is C19H19ClN4OS. The Morgan fingerprint density at radius 1 is 1.31 bits per heavy atom. The Kier molecular flexibility index (Phi) is 4.80. The molecule has 5 nitrogen and oxygen atoms in total. The zero-order chi connectivity index (χ0) is 18.1. The van der Waals surface area contributed by atoms with Gasteiger partial charge in [0.15, 0.2) is 10.1 Å². The number of hydrogen-bond donors (Lipinski definition) is 0. The van der Waals surface area contributed by atoms with Crippen molar-refractivity contribution in [3.63, 3.8) is 0 Å². The third kappa shape index (κ3) is 3.28. The van der Waals surface area contributed by atoms with Gasteiger partial charge in [0.1, 0.15) is 0 Å². The van der Waals surface area contributed by atoms with Crippen LogP contribution >= 0.6 is 22.9 Å². The molecule has 0 bridgehead atoms. The van der Waals surface area contributed by atoms with E-state index in [4.69, 9.17) is 11.6 Å². The second-order valence-electron chi connectivity index (χ2n) is 6.40. The van der Waals surface area contributed by atoms with Crippen molar-refractivity contribution in [3.8, 4) is 0 Å². The summed E-state index contributed by atoms with van der Waals surface area (Å²) in [6.45, 7) is 2.39. The Hall–Kier alpha value is -2.15. The minimum Gasteiger partial charge on any atom is -0.330 e. The standard InChI is InChI=1S/C19H19ClN4OS/c1-22-9-10-23(16(13-22)14-5-3-2-4-6-14)17(25)8-7-15-18(20)21-19-24(15)11-12-26-19/h2-8,11-12,16H,9-10,13H2,1H3/b8-7+. The monoisotopic (exact) mass is 386 g/mol. The molecule has 1 unspecified atom stereocenters. The van der Waals surface area contributed by atoms with E-state index in [-0.39, 0.29) is 11.9 Å². The van der Waals surface area contributed by atoms with E-state index in [1.54, 1.807) is 12.2 Å². The Morgan fingerprint density at radius 2 is 2.12 bits per heavy atom. The number of halogens is 1. The predicted octanol–water partition coefficient (Wildman–Crippen LogP) is 3.58. The molecule has 1 aliphatic heterocycles. The van der Waals surface area contributed by atoms with Gasteiger partial charge in [-0.3, -0.25) is 9.20 Å². The highest BCUT2D eigenvalue weighted by molar-refractivity contribution is 7.15. The third-order valence-electron chi connectivity index (χ3n) is 4.69. The minimum absolute atomic E-state index is 0.00630. The zero-order valence-corrected chi connectivity index (χ0v) is 16.0. The number of benzene rings is 1. The second kappa shape index (κ2) is 7.23. The van der Waals surface area contributed by atoms with Crippen LogP contribution in [0.25, 0.3) is 11.0 Å². The highest BCUT2D eigenvalue weighted by Gasteiger charge is 2.29. The molecule has 1 amide bonds. The summed E-state index contributed by atoms with van der Waals surface area (Å²) in [7, 11) is 2.09. The molecule has 0 aliphatic carbocycles. The first kappa shape index (κ1) is 17.3. The van der Waals surface area contributed by atoms with Crippen LogP contribution < -0.4 is 0 Å². The van der Waals surface area contributed by atoms with Gasteiger partial charge in [-0.25, -0.2) is 4.98 Å². The molecule has 26 heavy (non-hydrogen) atoms. The number of nitrogens with zero attached hydrogens (tertiary/aromatic N) is 4. The van der Waals surface area contributed by atoms with E-state index in [2.05, 4.69) is 29.1 Å². The lowest BCUT2D eigenvalue weighted by atomic mass is 10.0. The summed E-state index contributed by atoms with van der Waals surface area (Å²) in [5.74, 6) is -0.00630.